The van der Waals surface area contributed by atoms with Gasteiger partial charge in [0.1, 0.15) is 11.4 Å². The largest absolute Gasteiger partial charge is 0.493 e. The lowest BCUT2D eigenvalue weighted by Gasteiger charge is -2.12. The first kappa shape index (κ1) is 15.6. The van der Waals surface area contributed by atoms with Crippen LogP contribution in [0, 0.1) is 11.6 Å². The van der Waals surface area contributed by atoms with Gasteiger partial charge >= 0.3 is 0 Å². The minimum absolute atomic E-state index is 0.231. The Hall–Kier alpha value is -1.82. The molecule has 0 fully saturated rings. The second-order valence-electron chi connectivity index (χ2n) is 4.51. The van der Waals surface area contributed by atoms with E-state index in [1.165, 1.54) is 12.1 Å². The van der Waals surface area contributed by atoms with Gasteiger partial charge in [0, 0.05) is 28.0 Å². The van der Waals surface area contributed by atoms with Crippen LogP contribution in [0.3, 0.4) is 0 Å². The van der Waals surface area contributed by atoms with E-state index in [0.717, 1.165) is 6.42 Å². The van der Waals surface area contributed by atoms with Gasteiger partial charge in [0.2, 0.25) is 0 Å². The minimum Gasteiger partial charge on any atom is -0.493 e. The van der Waals surface area contributed by atoms with Crippen LogP contribution < -0.4 is 15.8 Å². The fraction of sp³-hybridized carbons (Fsp3) is 0.200. The van der Waals surface area contributed by atoms with Crippen LogP contribution in [-0.2, 0) is 0 Å². The summed E-state index contributed by atoms with van der Waals surface area (Å²) in [6.07, 6.45) is 0.855. The second kappa shape index (κ2) is 6.76. The van der Waals surface area contributed by atoms with Crippen molar-refractivity contribution in [2.24, 2.45) is 0 Å². The molecule has 21 heavy (non-hydrogen) atoms. The van der Waals surface area contributed by atoms with E-state index in [2.05, 4.69) is 21.2 Å². The van der Waals surface area contributed by atoms with Gasteiger partial charge in [0.25, 0.3) is 0 Å². The quantitative estimate of drug-likeness (QED) is 0.753. The van der Waals surface area contributed by atoms with Crippen molar-refractivity contribution < 1.29 is 13.5 Å². The molecule has 0 aliphatic carbocycles. The van der Waals surface area contributed by atoms with Crippen molar-refractivity contribution in [2.45, 2.75) is 13.3 Å². The van der Waals surface area contributed by atoms with E-state index < -0.39 is 11.6 Å². The van der Waals surface area contributed by atoms with Gasteiger partial charge in [-0.1, -0.05) is 22.9 Å². The van der Waals surface area contributed by atoms with Crippen molar-refractivity contribution in [3.63, 3.8) is 0 Å². The third-order valence-corrected chi connectivity index (χ3v) is 3.14. The van der Waals surface area contributed by atoms with Gasteiger partial charge in [-0.2, -0.15) is 0 Å². The summed E-state index contributed by atoms with van der Waals surface area (Å²) < 4.78 is 33.4. The summed E-state index contributed by atoms with van der Waals surface area (Å²) in [4.78, 5) is 0. The number of nitrogen functional groups attached to an aromatic ring is 1. The number of benzene rings is 2. The number of anilines is 3. The monoisotopic (exact) mass is 356 g/mol. The lowest BCUT2D eigenvalue weighted by molar-refractivity contribution is 0.318. The molecule has 0 aliphatic heterocycles. The molecule has 0 aliphatic rings. The maximum absolute atomic E-state index is 13.8. The van der Waals surface area contributed by atoms with E-state index in [9.17, 15) is 8.78 Å². The Labute approximate surface area is 130 Å². The molecular formula is C15H15BrF2N2O. The highest BCUT2D eigenvalue weighted by Crippen LogP contribution is 2.30. The number of rotatable bonds is 5. The molecule has 0 heterocycles. The molecule has 3 N–H and O–H groups in total. The van der Waals surface area contributed by atoms with E-state index in [0.29, 0.717) is 28.2 Å². The van der Waals surface area contributed by atoms with Gasteiger partial charge in [-0.3, -0.25) is 0 Å². The molecule has 3 nitrogen and oxygen atoms in total. The number of nitrogens with one attached hydrogen (secondary N) is 1. The Kier molecular flexibility index (Phi) is 5.01. The molecule has 0 saturated carbocycles. The number of ether oxygens (including phenoxy) is 1. The van der Waals surface area contributed by atoms with E-state index in [4.69, 9.17) is 10.5 Å². The van der Waals surface area contributed by atoms with Crippen LogP contribution in [0.15, 0.2) is 34.8 Å². The third-order valence-electron chi connectivity index (χ3n) is 2.68. The minimum atomic E-state index is -0.694. The summed E-state index contributed by atoms with van der Waals surface area (Å²) in [6, 6.07) is 7.26. The molecule has 0 unspecified atom stereocenters. The van der Waals surface area contributed by atoms with Crippen LogP contribution in [0.5, 0.6) is 5.75 Å². The Morgan fingerprint density at radius 1 is 1.14 bits per heavy atom. The zero-order valence-electron chi connectivity index (χ0n) is 11.4. The molecular weight excluding hydrogens is 342 g/mol. The van der Waals surface area contributed by atoms with E-state index in [1.54, 1.807) is 18.2 Å². The highest BCUT2D eigenvalue weighted by Gasteiger charge is 2.11. The molecule has 0 atom stereocenters. The van der Waals surface area contributed by atoms with Gasteiger partial charge in [0.15, 0.2) is 11.6 Å². The third kappa shape index (κ3) is 4.07. The average molecular weight is 357 g/mol. The number of halogens is 3. The van der Waals surface area contributed by atoms with Gasteiger partial charge in [0.05, 0.1) is 6.61 Å². The molecule has 0 radical (unpaired) electrons. The van der Waals surface area contributed by atoms with Gasteiger partial charge in [-0.05, 0) is 24.6 Å². The van der Waals surface area contributed by atoms with Gasteiger partial charge < -0.3 is 15.8 Å². The lowest BCUT2D eigenvalue weighted by atomic mass is 10.2. The topological polar surface area (TPSA) is 47.3 Å². The van der Waals surface area contributed by atoms with Crippen LogP contribution in [0.25, 0.3) is 0 Å². The first-order valence-electron chi connectivity index (χ1n) is 6.44. The molecule has 0 spiro atoms. The van der Waals surface area contributed by atoms with Crippen LogP contribution in [0.1, 0.15) is 13.3 Å². The zero-order chi connectivity index (χ0) is 15.4. The fourth-order valence-electron chi connectivity index (χ4n) is 1.80. The maximum Gasteiger partial charge on any atom is 0.150 e. The first-order valence-corrected chi connectivity index (χ1v) is 7.24. The van der Waals surface area contributed by atoms with E-state index >= 15 is 0 Å². The summed E-state index contributed by atoms with van der Waals surface area (Å²) in [5, 5.41) is 2.69. The molecule has 0 aromatic heterocycles. The second-order valence-corrected chi connectivity index (χ2v) is 5.42. The highest BCUT2D eigenvalue weighted by atomic mass is 79.9. The predicted octanol–water partition coefficient (Wildman–Crippen LogP) is 4.84. The number of hydrogen-bond acceptors (Lipinski definition) is 3. The molecule has 2 aromatic rings. The van der Waals surface area contributed by atoms with E-state index in [-0.39, 0.29) is 5.69 Å². The van der Waals surface area contributed by atoms with Gasteiger partial charge in [-0.25, -0.2) is 8.78 Å². The maximum atomic E-state index is 13.8. The highest BCUT2D eigenvalue weighted by molar-refractivity contribution is 9.10. The molecule has 0 amide bonds. The van der Waals surface area contributed by atoms with Crippen LogP contribution in [0.2, 0.25) is 0 Å². The van der Waals surface area contributed by atoms with Crippen molar-refractivity contribution in [3.8, 4) is 5.75 Å². The lowest BCUT2D eigenvalue weighted by Crippen LogP contribution is -2.01. The molecule has 112 valence electrons. The molecule has 2 rings (SSSR count). The van der Waals surface area contributed by atoms with E-state index in [1.807, 2.05) is 6.92 Å². The average Bonchev–Trinajstić information content (AvgIpc) is 2.40. The number of hydrogen-bond donors (Lipinski definition) is 2. The number of nitrogens with two attached hydrogens (primary N) is 1. The first-order chi connectivity index (χ1) is 9.99. The Morgan fingerprint density at radius 2 is 1.81 bits per heavy atom. The predicted molar refractivity (Wildman–Crippen MR) is 84.0 cm³/mol. The molecule has 6 heteroatoms. The summed E-state index contributed by atoms with van der Waals surface area (Å²) in [5.41, 5.74) is 6.45. The Morgan fingerprint density at radius 3 is 2.43 bits per heavy atom. The van der Waals surface area contributed by atoms with Crippen molar-refractivity contribution in [2.75, 3.05) is 17.7 Å². The summed E-state index contributed by atoms with van der Waals surface area (Å²) >= 11 is 3.04. The van der Waals surface area contributed by atoms with Crippen molar-refractivity contribution in [1.82, 2.24) is 0 Å². The molecule has 2 aromatic carbocycles. The fourth-order valence-corrected chi connectivity index (χ4v) is 2.21. The Bertz CT molecular complexity index is 627. The standard InChI is InChI=1S/C15H15BrF2N2O/c1-2-3-21-12-7-10(19)6-11(8-12)20-15-13(17)4-9(16)5-14(15)18/h4-8,20H,2-3,19H2,1H3. The summed E-state index contributed by atoms with van der Waals surface area (Å²) in [6.45, 7) is 2.53. The van der Waals surface area contributed by atoms with Crippen molar-refractivity contribution in [1.29, 1.82) is 0 Å². The van der Waals surface area contributed by atoms with Crippen LogP contribution in [0.4, 0.5) is 25.8 Å². The van der Waals surface area contributed by atoms with Crippen molar-refractivity contribution in [3.05, 3.63) is 46.4 Å². The molecule has 0 saturated heterocycles. The normalized spacial score (nSPS) is 10.5. The van der Waals surface area contributed by atoms with Crippen molar-refractivity contribution >= 4 is 33.0 Å². The Balaban J connectivity index is 2.29. The van der Waals surface area contributed by atoms with Gasteiger partial charge in [-0.15, -0.1) is 0 Å². The molecule has 0 bridgehead atoms. The van der Waals surface area contributed by atoms with Crippen LogP contribution in [-0.4, -0.2) is 6.61 Å². The SMILES string of the molecule is CCCOc1cc(N)cc(Nc2c(F)cc(Br)cc2F)c1. The smallest absolute Gasteiger partial charge is 0.150 e. The summed E-state index contributed by atoms with van der Waals surface area (Å²) in [7, 11) is 0. The zero-order valence-corrected chi connectivity index (χ0v) is 13.0. The summed E-state index contributed by atoms with van der Waals surface area (Å²) in [5.74, 6) is -0.835. The van der Waals surface area contributed by atoms with Crippen LogP contribution >= 0.6 is 15.9 Å².